The highest BCUT2D eigenvalue weighted by molar-refractivity contribution is 7.90. The maximum Gasteiger partial charge on any atom is 0.171 e. The first-order chi connectivity index (χ1) is 5.49. The van der Waals surface area contributed by atoms with Gasteiger partial charge in [0.25, 0.3) is 0 Å². The number of hydrogen-bond donors (Lipinski definition) is 1. The van der Waals surface area contributed by atoms with Crippen LogP contribution >= 0.6 is 0 Å². The first kappa shape index (κ1) is 9.95. The minimum Gasteiger partial charge on any atom is -0.361 e. The Morgan fingerprint density at radius 2 is 2.17 bits per heavy atom. The Kier molecular flexibility index (Phi) is 3.09. The second kappa shape index (κ2) is 3.72. The molecule has 1 rings (SSSR count). The lowest BCUT2D eigenvalue weighted by Gasteiger charge is -2.14. The van der Waals surface area contributed by atoms with Crippen molar-refractivity contribution < 1.29 is 13.2 Å². The molecule has 5 heteroatoms. The van der Waals surface area contributed by atoms with Gasteiger partial charge in [-0.1, -0.05) is 0 Å². The molecule has 1 fully saturated rings. The molecule has 0 spiro atoms. The van der Waals surface area contributed by atoms with Crippen molar-refractivity contribution in [3.63, 3.8) is 0 Å². The van der Waals surface area contributed by atoms with Crippen molar-refractivity contribution in [1.29, 1.82) is 0 Å². The SMILES string of the molecule is CS(=O)(=O)CO[C@H]1CCC[C@@H]1N. The van der Waals surface area contributed by atoms with Gasteiger partial charge in [0.2, 0.25) is 0 Å². The van der Waals surface area contributed by atoms with Crippen LogP contribution in [0.15, 0.2) is 0 Å². The topological polar surface area (TPSA) is 69.4 Å². The van der Waals surface area contributed by atoms with Crippen LogP contribution in [-0.4, -0.2) is 32.8 Å². The second-order valence-corrected chi connectivity index (χ2v) is 5.43. The molecule has 0 amide bonds. The molecule has 0 aromatic carbocycles. The van der Waals surface area contributed by atoms with E-state index in [4.69, 9.17) is 10.5 Å². The highest BCUT2D eigenvalue weighted by Gasteiger charge is 2.25. The summed E-state index contributed by atoms with van der Waals surface area (Å²) in [6, 6.07) is 0.0201. The van der Waals surface area contributed by atoms with Gasteiger partial charge in [-0.25, -0.2) is 8.42 Å². The van der Waals surface area contributed by atoms with E-state index in [0.29, 0.717) is 0 Å². The maximum atomic E-state index is 10.7. The molecule has 2 atom stereocenters. The minimum atomic E-state index is -3.01. The van der Waals surface area contributed by atoms with E-state index in [-0.39, 0.29) is 18.1 Å². The van der Waals surface area contributed by atoms with Gasteiger partial charge in [-0.05, 0) is 19.3 Å². The molecular formula is C7H15NO3S. The molecule has 0 unspecified atom stereocenters. The Labute approximate surface area is 73.0 Å². The van der Waals surface area contributed by atoms with E-state index in [0.717, 1.165) is 25.5 Å². The Hall–Kier alpha value is -0.130. The van der Waals surface area contributed by atoms with E-state index >= 15 is 0 Å². The van der Waals surface area contributed by atoms with E-state index in [1.54, 1.807) is 0 Å². The van der Waals surface area contributed by atoms with Gasteiger partial charge in [0.05, 0.1) is 6.10 Å². The van der Waals surface area contributed by atoms with Gasteiger partial charge in [0.15, 0.2) is 9.84 Å². The molecule has 4 nitrogen and oxygen atoms in total. The normalized spacial score (nSPS) is 30.8. The first-order valence-corrected chi connectivity index (χ1v) is 6.10. The molecule has 1 aliphatic rings. The van der Waals surface area contributed by atoms with Gasteiger partial charge in [0.1, 0.15) is 5.94 Å². The minimum absolute atomic E-state index is 0.0201. The van der Waals surface area contributed by atoms with Crippen molar-refractivity contribution in [1.82, 2.24) is 0 Å². The van der Waals surface area contributed by atoms with Crippen LogP contribution < -0.4 is 5.73 Å². The third-order valence-corrected chi connectivity index (χ3v) is 2.56. The highest BCUT2D eigenvalue weighted by atomic mass is 32.2. The van der Waals surface area contributed by atoms with Gasteiger partial charge >= 0.3 is 0 Å². The quantitative estimate of drug-likeness (QED) is 0.678. The van der Waals surface area contributed by atoms with Crippen LogP contribution in [0.25, 0.3) is 0 Å². The molecule has 0 heterocycles. The summed E-state index contributed by atoms with van der Waals surface area (Å²) >= 11 is 0. The third kappa shape index (κ3) is 3.08. The molecule has 0 bridgehead atoms. The Morgan fingerprint density at radius 1 is 1.50 bits per heavy atom. The number of hydrogen-bond acceptors (Lipinski definition) is 4. The van der Waals surface area contributed by atoms with Crippen LogP contribution in [0.4, 0.5) is 0 Å². The first-order valence-electron chi connectivity index (χ1n) is 4.04. The zero-order chi connectivity index (χ0) is 9.19. The Balaban J connectivity index is 2.32. The van der Waals surface area contributed by atoms with Crippen LogP contribution in [0.3, 0.4) is 0 Å². The number of sulfone groups is 1. The highest BCUT2D eigenvalue weighted by Crippen LogP contribution is 2.20. The fourth-order valence-corrected chi connectivity index (χ4v) is 1.79. The molecule has 0 aromatic rings. The van der Waals surface area contributed by atoms with E-state index < -0.39 is 9.84 Å². The van der Waals surface area contributed by atoms with Crippen LogP contribution in [0.2, 0.25) is 0 Å². The largest absolute Gasteiger partial charge is 0.361 e. The molecule has 72 valence electrons. The number of rotatable bonds is 3. The summed E-state index contributed by atoms with van der Waals surface area (Å²) in [6.45, 7) is 0. The van der Waals surface area contributed by atoms with E-state index in [1.165, 1.54) is 0 Å². The predicted molar refractivity (Wildman–Crippen MR) is 46.4 cm³/mol. The number of nitrogens with two attached hydrogens (primary N) is 1. The van der Waals surface area contributed by atoms with Crippen LogP contribution in [0.5, 0.6) is 0 Å². The van der Waals surface area contributed by atoms with Crippen molar-refractivity contribution in [3.05, 3.63) is 0 Å². The van der Waals surface area contributed by atoms with Gasteiger partial charge < -0.3 is 10.5 Å². The van der Waals surface area contributed by atoms with Crippen molar-refractivity contribution in [2.75, 3.05) is 12.2 Å². The monoisotopic (exact) mass is 193 g/mol. The van der Waals surface area contributed by atoms with Crippen molar-refractivity contribution >= 4 is 9.84 Å². The van der Waals surface area contributed by atoms with Crippen molar-refractivity contribution in [3.8, 4) is 0 Å². The van der Waals surface area contributed by atoms with Crippen molar-refractivity contribution in [2.24, 2.45) is 5.73 Å². The van der Waals surface area contributed by atoms with Gasteiger partial charge in [-0.2, -0.15) is 0 Å². The lowest BCUT2D eigenvalue weighted by molar-refractivity contribution is 0.0802. The summed E-state index contributed by atoms with van der Waals surface area (Å²) in [5.41, 5.74) is 5.69. The molecule has 2 N–H and O–H groups in total. The molecule has 0 aliphatic heterocycles. The summed E-state index contributed by atoms with van der Waals surface area (Å²) in [4.78, 5) is 0. The van der Waals surface area contributed by atoms with Crippen LogP contribution in [0.1, 0.15) is 19.3 Å². The van der Waals surface area contributed by atoms with Crippen molar-refractivity contribution in [2.45, 2.75) is 31.4 Å². The average molecular weight is 193 g/mol. The Bertz CT molecular complexity index is 237. The average Bonchev–Trinajstić information content (AvgIpc) is 2.29. The Morgan fingerprint density at radius 3 is 2.58 bits per heavy atom. The smallest absolute Gasteiger partial charge is 0.171 e. The van der Waals surface area contributed by atoms with Gasteiger partial charge in [-0.3, -0.25) is 0 Å². The zero-order valence-electron chi connectivity index (χ0n) is 7.19. The van der Waals surface area contributed by atoms with Crippen LogP contribution in [0, 0.1) is 0 Å². The molecular weight excluding hydrogens is 178 g/mol. The molecule has 0 aromatic heterocycles. The lowest BCUT2D eigenvalue weighted by Crippen LogP contribution is -2.32. The fraction of sp³-hybridized carbons (Fsp3) is 1.00. The molecule has 1 saturated carbocycles. The molecule has 0 radical (unpaired) electrons. The second-order valence-electron chi connectivity index (χ2n) is 3.34. The van der Waals surface area contributed by atoms with Gasteiger partial charge in [0, 0.05) is 12.3 Å². The van der Waals surface area contributed by atoms with E-state index in [9.17, 15) is 8.42 Å². The molecule has 1 aliphatic carbocycles. The number of ether oxygens (including phenoxy) is 1. The summed E-state index contributed by atoms with van der Waals surface area (Å²) in [5, 5.41) is 0. The zero-order valence-corrected chi connectivity index (χ0v) is 8.01. The van der Waals surface area contributed by atoms with Crippen LogP contribution in [-0.2, 0) is 14.6 Å². The third-order valence-electron chi connectivity index (χ3n) is 2.00. The van der Waals surface area contributed by atoms with E-state index in [1.807, 2.05) is 0 Å². The molecule has 12 heavy (non-hydrogen) atoms. The van der Waals surface area contributed by atoms with E-state index in [2.05, 4.69) is 0 Å². The maximum absolute atomic E-state index is 10.7. The van der Waals surface area contributed by atoms with Gasteiger partial charge in [-0.15, -0.1) is 0 Å². The summed E-state index contributed by atoms with van der Waals surface area (Å²) in [7, 11) is -3.01. The lowest BCUT2D eigenvalue weighted by atomic mass is 10.2. The predicted octanol–water partition coefficient (Wildman–Crippen LogP) is -0.115. The standard InChI is InChI=1S/C7H15NO3S/c1-12(9,10)5-11-7-4-2-3-6(7)8/h6-7H,2-5,8H2,1H3/t6-,7-/m0/s1. The summed E-state index contributed by atoms with van der Waals surface area (Å²) < 4.78 is 26.6. The summed E-state index contributed by atoms with van der Waals surface area (Å²) in [5.74, 6) is -0.203. The summed E-state index contributed by atoms with van der Waals surface area (Å²) in [6.07, 6.45) is 3.97. The fourth-order valence-electron chi connectivity index (χ4n) is 1.37. The molecule has 0 saturated heterocycles.